The molecule has 1 aromatic heterocycles. The highest BCUT2D eigenvalue weighted by molar-refractivity contribution is 5.85. The first-order valence-electron chi connectivity index (χ1n) is 10.6. The zero-order chi connectivity index (χ0) is 20.7. The van der Waals surface area contributed by atoms with Crippen molar-refractivity contribution in [1.82, 2.24) is 9.97 Å². The topological polar surface area (TPSA) is 111 Å². The molecule has 4 atom stereocenters. The molecule has 4 saturated carbocycles. The molecule has 0 radical (unpaired) electrons. The number of rotatable bonds is 6. The second kappa shape index (κ2) is 7.28. The van der Waals surface area contributed by atoms with Gasteiger partial charge in [-0.05, 0) is 49.5 Å². The summed E-state index contributed by atoms with van der Waals surface area (Å²) in [4.78, 5) is 21.2. The van der Waals surface area contributed by atoms with Gasteiger partial charge in [0.25, 0.3) is 0 Å². The number of carbonyl (C=O) groups excluding carboxylic acids is 1. The molecular weight excluding hydrogens is 378 g/mol. The second-order valence-electron chi connectivity index (χ2n) is 9.15. The second-order valence-corrected chi connectivity index (χ2v) is 9.15. The minimum absolute atomic E-state index is 0.130. The van der Waals surface area contributed by atoms with E-state index in [0.29, 0.717) is 35.6 Å². The highest BCUT2D eigenvalue weighted by Crippen LogP contribution is 2.58. The van der Waals surface area contributed by atoms with Crippen molar-refractivity contribution >= 4 is 17.5 Å². The number of anilines is 2. The molecule has 0 saturated heterocycles. The van der Waals surface area contributed by atoms with Crippen molar-refractivity contribution in [2.45, 2.75) is 38.6 Å². The molecule has 1 heterocycles. The number of carbonyl (C=O) groups is 1. The van der Waals surface area contributed by atoms with E-state index in [-0.39, 0.29) is 23.0 Å². The van der Waals surface area contributed by atoms with E-state index in [1.807, 2.05) is 12.1 Å². The first kappa shape index (κ1) is 18.9. The Balaban J connectivity index is 1.30. The lowest BCUT2D eigenvalue weighted by molar-refractivity contribution is -0.146. The van der Waals surface area contributed by atoms with E-state index in [4.69, 9.17) is 0 Å². The number of aromatic nitrogens is 2. The molecule has 154 valence electrons. The predicted octanol–water partition coefficient (Wildman–Crippen LogP) is 3.47. The van der Waals surface area contributed by atoms with Crippen molar-refractivity contribution in [3.63, 3.8) is 0 Å². The van der Waals surface area contributed by atoms with Crippen molar-refractivity contribution in [3.8, 4) is 11.8 Å². The Kier molecular flexibility index (Phi) is 4.58. The number of hydrogen-bond acceptors (Lipinski definition) is 7. The first-order chi connectivity index (χ1) is 14.5. The van der Waals surface area contributed by atoms with Crippen LogP contribution in [-0.2, 0) is 11.3 Å². The number of benzene rings is 1. The van der Waals surface area contributed by atoms with Crippen LogP contribution in [0.2, 0.25) is 0 Å². The van der Waals surface area contributed by atoms with Crippen molar-refractivity contribution in [1.29, 1.82) is 5.26 Å². The first-order valence-corrected chi connectivity index (χ1v) is 10.6. The molecule has 4 aliphatic carbocycles. The largest absolute Gasteiger partial charge is 0.508 e. The van der Waals surface area contributed by atoms with Crippen LogP contribution in [0.15, 0.2) is 30.5 Å². The number of Topliss-reactive ketones (excluding diaryl/α,β-unsaturated/α-hetero) is 1. The number of nitrogens with zero attached hydrogens (tertiary/aromatic N) is 3. The molecule has 0 spiro atoms. The lowest BCUT2D eigenvalue weighted by Gasteiger charge is -2.55. The maximum absolute atomic E-state index is 12.4. The molecule has 1 aromatic carbocycles. The minimum atomic E-state index is 0.130. The summed E-state index contributed by atoms with van der Waals surface area (Å²) in [6, 6.07) is 9.27. The summed E-state index contributed by atoms with van der Waals surface area (Å²) in [6.45, 7) is 1.11. The molecule has 2 unspecified atom stereocenters. The van der Waals surface area contributed by atoms with Crippen LogP contribution in [0, 0.1) is 34.5 Å². The summed E-state index contributed by atoms with van der Waals surface area (Å²) < 4.78 is 0. The molecular formula is C23H25N5O2. The molecule has 0 aliphatic heterocycles. The van der Waals surface area contributed by atoms with Crippen LogP contribution < -0.4 is 10.6 Å². The Labute approximate surface area is 175 Å². The molecule has 4 aliphatic rings. The number of phenolic OH excluding ortho intramolecular Hbond substituents is 1. The highest BCUT2D eigenvalue weighted by Gasteiger charge is 2.54. The van der Waals surface area contributed by atoms with Gasteiger partial charge in [-0.1, -0.05) is 18.2 Å². The summed E-state index contributed by atoms with van der Waals surface area (Å²) in [7, 11) is 0. The van der Waals surface area contributed by atoms with Crippen molar-refractivity contribution in [2.24, 2.45) is 23.2 Å². The zero-order valence-corrected chi connectivity index (χ0v) is 16.8. The molecule has 2 aromatic rings. The van der Waals surface area contributed by atoms with Crippen LogP contribution in [-0.4, -0.2) is 27.4 Å². The fourth-order valence-electron chi connectivity index (χ4n) is 5.91. The maximum atomic E-state index is 12.4. The Bertz CT molecular complexity index is 1010. The van der Waals surface area contributed by atoms with Gasteiger partial charge in [0.05, 0.1) is 6.20 Å². The fourth-order valence-corrected chi connectivity index (χ4v) is 5.91. The Hall–Kier alpha value is -3.14. The number of hydrogen-bond donors (Lipinski definition) is 3. The van der Waals surface area contributed by atoms with Crippen molar-refractivity contribution < 1.29 is 9.90 Å². The molecule has 4 bridgehead atoms. The summed E-state index contributed by atoms with van der Waals surface area (Å²) in [5.41, 5.74) is 1.29. The number of phenols is 1. The van der Waals surface area contributed by atoms with Gasteiger partial charge in [-0.2, -0.15) is 10.2 Å². The van der Waals surface area contributed by atoms with Crippen LogP contribution in [0.25, 0.3) is 0 Å². The van der Waals surface area contributed by atoms with E-state index in [1.54, 1.807) is 12.1 Å². The molecule has 6 rings (SSSR count). The number of para-hydroxylation sites is 1. The molecule has 7 heteroatoms. The lowest BCUT2D eigenvalue weighted by Crippen LogP contribution is -2.53. The molecule has 0 amide bonds. The number of aromatic hydroxyl groups is 1. The van der Waals surface area contributed by atoms with E-state index < -0.39 is 0 Å². The van der Waals surface area contributed by atoms with Gasteiger partial charge in [-0.15, -0.1) is 0 Å². The van der Waals surface area contributed by atoms with Gasteiger partial charge in [-0.25, -0.2) is 4.98 Å². The van der Waals surface area contributed by atoms with Crippen molar-refractivity contribution in [3.05, 3.63) is 41.6 Å². The average Bonchev–Trinajstić information content (AvgIpc) is 2.75. The maximum Gasteiger partial charge on any atom is 0.224 e. The number of nitriles is 1. The third-order valence-electron chi connectivity index (χ3n) is 7.09. The van der Waals surface area contributed by atoms with Gasteiger partial charge in [0.1, 0.15) is 29.0 Å². The SMILES string of the molecule is N#Cc1cnc(NCc2ccccc2O)nc1NCC12CC3C[C@H](C1)C(=O)[C@@H](C3)C2. The van der Waals surface area contributed by atoms with Gasteiger partial charge in [0.2, 0.25) is 5.95 Å². The third-order valence-corrected chi connectivity index (χ3v) is 7.09. The summed E-state index contributed by atoms with van der Waals surface area (Å²) in [5, 5.41) is 25.9. The number of ketones is 1. The van der Waals surface area contributed by atoms with Crippen molar-refractivity contribution in [2.75, 3.05) is 17.2 Å². The number of nitrogens with one attached hydrogen (secondary N) is 2. The summed E-state index contributed by atoms with van der Waals surface area (Å²) in [6.07, 6.45) is 6.72. The summed E-state index contributed by atoms with van der Waals surface area (Å²) in [5.74, 6) is 2.75. The predicted molar refractivity (Wildman–Crippen MR) is 112 cm³/mol. The molecule has 3 N–H and O–H groups in total. The Morgan fingerprint density at radius 1 is 1.17 bits per heavy atom. The summed E-state index contributed by atoms with van der Waals surface area (Å²) >= 11 is 0. The molecule has 30 heavy (non-hydrogen) atoms. The van der Waals surface area contributed by atoms with Gasteiger partial charge >= 0.3 is 0 Å². The average molecular weight is 403 g/mol. The van der Waals surface area contributed by atoms with Crippen LogP contribution in [0.5, 0.6) is 5.75 Å². The Morgan fingerprint density at radius 2 is 1.93 bits per heavy atom. The van der Waals surface area contributed by atoms with Crippen LogP contribution >= 0.6 is 0 Å². The van der Waals surface area contributed by atoms with E-state index >= 15 is 0 Å². The van der Waals surface area contributed by atoms with Gasteiger partial charge in [0, 0.05) is 30.5 Å². The monoisotopic (exact) mass is 403 g/mol. The van der Waals surface area contributed by atoms with Crippen LogP contribution in [0.3, 0.4) is 0 Å². The molecule has 7 nitrogen and oxygen atoms in total. The van der Waals surface area contributed by atoms with Gasteiger partial charge < -0.3 is 15.7 Å². The standard InChI is InChI=1S/C23H25N5O2/c24-10-18-12-26-22(25-11-15-3-1-2-4-19(15)29)28-21(18)27-13-23-7-14-5-16(8-23)20(30)17(6-14)9-23/h1-4,12,14,16-17,29H,5-9,11,13H2,(H2,25,26,27,28)/t14?,16-,17+,23?. The smallest absolute Gasteiger partial charge is 0.224 e. The Morgan fingerprint density at radius 3 is 2.67 bits per heavy atom. The van der Waals surface area contributed by atoms with Crippen LogP contribution in [0.4, 0.5) is 11.8 Å². The van der Waals surface area contributed by atoms with E-state index in [1.165, 1.54) is 6.20 Å². The van der Waals surface area contributed by atoms with Crippen LogP contribution in [0.1, 0.15) is 43.2 Å². The van der Waals surface area contributed by atoms with E-state index in [0.717, 1.165) is 44.2 Å². The fraction of sp³-hybridized carbons (Fsp3) is 0.478. The van der Waals surface area contributed by atoms with E-state index in [2.05, 4.69) is 26.7 Å². The normalized spacial score (nSPS) is 28.9. The highest BCUT2D eigenvalue weighted by atomic mass is 16.3. The quantitative estimate of drug-likeness (QED) is 0.677. The van der Waals surface area contributed by atoms with E-state index in [9.17, 15) is 15.2 Å². The zero-order valence-electron chi connectivity index (χ0n) is 16.8. The minimum Gasteiger partial charge on any atom is -0.508 e. The third kappa shape index (κ3) is 3.36. The van der Waals surface area contributed by atoms with Gasteiger partial charge in [-0.3, -0.25) is 4.79 Å². The lowest BCUT2D eigenvalue weighted by atomic mass is 9.49. The van der Waals surface area contributed by atoms with Gasteiger partial charge in [0.15, 0.2) is 0 Å². The molecule has 4 fully saturated rings.